The van der Waals surface area contributed by atoms with E-state index < -0.39 is 12.0 Å². The number of rotatable bonds is 7. The second-order valence-electron chi connectivity index (χ2n) is 4.66. The van der Waals surface area contributed by atoms with Crippen LogP contribution >= 0.6 is 0 Å². The number of hydrogen-bond acceptors (Lipinski definition) is 5. The topological polar surface area (TPSA) is 78.7 Å². The van der Waals surface area contributed by atoms with E-state index in [1.165, 1.54) is 7.11 Å². The standard InChI is InChI=1S/C14H19NO5/c1-10(8-14(16)20-3)13(15(17)18)9-11-4-6-12(19-2)7-5-11/h4-7,10,13H,8-9H2,1-3H3. The predicted molar refractivity (Wildman–Crippen MR) is 73.3 cm³/mol. The third-order valence-electron chi connectivity index (χ3n) is 3.25. The number of carbonyl (C=O) groups is 1. The first-order valence-electron chi connectivity index (χ1n) is 6.31. The molecule has 0 radical (unpaired) electrons. The number of hydrogen-bond donors (Lipinski definition) is 0. The molecule has 0 aliphatic carbocycles. The summed E-state index contributed by atoms with van der Waals surface area (Å²) in [7, 11) is 2.84. The molecule has 0 spiro atoms. The lowest BCUT2D eigenvalue weighted by Crippen LogP contribution is -2.31. The number of carbonyl (C=O) groups excluding carboxylic acids is 1. The molecule has 0 bridgehead atoms. The molecular weight excluding hydrogens is 262 g/mol. The zero-order chi connectivity index (χ0) is 15.1. The molecule has 0 aliphatic rings. The molecule has 0 heterocycles. The molecule has 1 rings (SSSR count). The van der Waals surface area contributed by atoms with Crippen LogP contribution in [0.15, 0.2) is 24.3 Å². The maximum atomic E-state index is 11.2. The van der Waals surface area contributed by atoms with Crippen LogP contribution in [0.1, 0.15) is 18.9 Å². The Hall–Kier alpha value is -2.11. The molecule has 0 saturated heterocycles. The number of methoxy groups -OCH3 is 2. The molecule has 0 saturated carbocycles. The van der Waals surface area contributed by atoms with Gasteiger partial charge in [-0.2, -0.15) is 0 Å². The summed E-state index contributed by atoms with van der Waals surface area (Å²) < 4.78 is 9.59. The Labute approximate surface area is 117 Å². The summed E-state index contributed by atoms with van der Waals surface area (Å²) in [6.45, 7) is 1.69. The Balaban J connectivity index is 2.75. The molecule has 0 amide bonds. The van der Waals surface area contributed by atoms with Crippen LogP contribution < -0.4 is 4.74 Å². The molecule has 0 aromatic heterocycles. The fourth-order valence-electron chi connectivity index (χ4n) is 1.97. The van der Waals surface area contributed by atoms with Crippen LogP contribution in [0.25, 0.3) is 0 Å². The van der Waals surface area contributed by atoms with Gasteiger partial charge in [0.05, 0.1) is 20.6 Å². The van der Waals surface area contributed by atoms with Crippen LogP contribution in [0, 0.1) is 16.0 Å². The van der Waals surface area contributed by atoms with Crippen LogP contribution in [-0.4, -0.2) is 31.2 Å². The summed E-state index contributed by atoms with van der Waals surface area (Å²) in [6, 6.07) is 6.29. The largest absolute Gasteiger partial charge is 0.497 e. The van der Waals surface area contributed by atoms with Crippen molar-refractivity contribution in [2.75, 3.05) is 14.2 Å². The highest BCUT2D eigenvalue weighted by Crippen LogP contribution is 2.19. The van der Waals surface area contributed by atoms with E-state index in [9.17, 15) is 14.9 Å². The van der Waals surface area contributed by atoms with E-state index in [0.29, 0.717) is 5.75 Å². The van der Waals surface area contributed by atoms with Crippen molar-refractivity contribution in [1.82, 2.24) is 0 Å². The van der Waals surface area contributed by atoms with Gasteiger partial charge < -0.3 is 9.47 Å². The van der Waals surface area contributed by atoms with Gasteiger partial charge in [0.15, 0.2) is 0 Å². The highest BCUT2D eigenvalue weighted by Gasteiger charge is 2.30. The van der Waals surface area contributed by atoms with Crippen LogP contribution in [0.3, 0.4) is 0 Å². The Kier molecular flexibility index (Phi) is 5.96. The van der Waals surface area contributed by atoms with Gasteiger partial charge in [-0.25, -0.2) is 0 Å². The van der Waals surface area contributed by atoms with Gasteiger partial charge in [-0.3, -0.25) is 14.9 Å². The monoisotopic (exact) mass is 281 g/mol. The highest BCUT2D eigenvalue weighted by molar-refractivity contribution is 5.69. The zero-order valence-corrected chi connectivity index (χ0v) is 11.9. The molecule has 1 aromatic carbocycles. The summed E-state index contributed by atoms with van der Waals surface area (Å²) in [5, 5.41) is 11.2. The summed E-state index contributed by atoms with van der Waals surface area (Å²) in [4.78, 5) is 22.1. The average Bonchev–Trinajstić information content (AvgIpc) is 2.44. The average molecular weight is 281 g/mol. The van der Waals surface area contributed by atoms with Gasteiger partial charge in [0.25, 0.3) is 0 Å². The molecule has 6 nitrogen and oxygen atoms in total. The van der Waals surface area contributed by atoms with Crippen LogP contribution in [0.5, 0.6) is 5.75 Å². The van der Waals surface area contributed by atoms with Gasteiger partial charge in [-0.05, 0) is 17.7 Å². The van der Waals surface area contributed by atoms with E-state index in [1.807, 2.05) is 0 Å². The maximum absolute atomic E-state index is 11.2. The molecule has 1 aromatic rings. The van der Waals surface area contributed by atoms with Crippen LogP contribution in [0.2, 0.25) is 0 Å². The smallest absolute Gasteiger partial charge is 0.306 e. The van der Waals surface area contributed by atoms with Crippen molar-refractivity contribution in [2.24, 2.45) is 5.92 Å². The minimum Gasteiger partial charge on any atom is -0.497 e. The Morgan fingerprint density at radius 2 is 1.90 bits per heavy atom. The summed E-state index contributed by atoms with van der Waals surface area (Å²) >= 11 is 0. The van der Waals surface area contributed by atoms with E-state index >= 15 is 0 Å². The van der Waals surface area contributed by atoms with Gasteiger partial charge in [0, 0.05) is 17.3 Å². The molecule has 6 heteroatoms. The van der Waals surface area contributed by atoms with Crippen molar-refractivity contribution in [3.05, 3.63) is 39.9 Å². The minimum absolute atomic E-state index is 0.0400. The highest BCUT2D eigenvalue weighted by atomic mass is 16.6. The molecular formula is C14H19NO5. The molecule has 0 aliphatic heterocycles. The number of ether oxygens (including phenoxy) is 2. The van der Waals surface area contributed by atoms with Gasteiger partial charge in [-0.1, -0.05) is 19.1 Å². The second kappa shape index (κ2) is 7.47. The number of benzene rings is 1. The Morgan fingerprint density at radius 3 is 2.35 bits per heavy atom. The summed E-state index contributed by atoms with van der Waals surface area (Å²) in [5.41, 5.74) is 0.837. The van der Waals surface area contributed by atoms with Crippen molar-refractivity contribution in [3.8, 4) is 5.75 Å². The first-order valence-corrected chi connectivity index (χ1v) is 6.31. The Morgan fingerprint density at radius 1 is 1.30 bits per heavy atom. The van der Waals surface area contributed by atoms with Gasteiger partial charge in [0.1, 0.15) is 5.75 Å². The number of esters is 1. The van der Waals surface area contributed by atoms with Crippen molar-refractivity contribution >= 4 is 5.97 Å². The summed E-state index contributed by atoms with van der Waals surface area (Å²) in [5.74, 6) is -0.118. The molecule has 2 unspecified atom stereocenters. The first kappa shape index (κ1) is 15.9. The minimum atomic E-state index is -0.817. The zero-order valence-electron chi connectivity index (χ0n) is 11.9. The first-order chi connectivity index (χ1) is 9.47. The Bertz CT molecular complexity index is 457. The van der Waals surface area contributed by atoms with E-state index in [0.717, 1.165) is 5.56 Å². The van der Waals surface area contributed by atoms with E-state index in [1.54, 1.807) is 38.3 Å². The third kappa shape index (κ3) is 4.53. The molecule has 20 heavy (non-hydrogen) atoms. The predicted octanol–water partition coefficient (Wildman–Crippen LogP) is 2.08. The van der Waals surface area contributed by atoms with E-state index in [2.05, 4.69) is 4.74 Å². The van der Waals surface area contributed by atoms with Crippen molar-refractivity contribution in [3.63, 3.8) is 0 Å². The van der Waals surface area contributed by atoms with E-state index in [4.69, 9.17) is 4.74 Å². The SMILES string of the molecule is COC(=O)CC(C)C(Cc1ccc(OC)cc1)[N+](=O)[O-]. The summed E-state index contributed by atoms with van der Waals surface area (Å²) in [6.07, 6.45) is 0.313. The lowest BCUT2D eigenvalue weighted by atomic mass is 9.93. The quantitative estimate of drug-likeness (QED) is 0.434. The van der Waals surface area contributed by atoms with E-state index in [-0.39, 0.29) is 23.7 Å². The normalized spacial score (nSPS) is 13.3. The fraction of sp³-hybridized carbons (Fsp3) is 0.500. The molecule has 110 valence electrons. The molecule has 2 atom stereocenters. The van der Waals surface area contributed by atoms with Gasteiger partial charge >= 0.3 is 5.97 Å². The second-order valence-corrected chi connectivity index (χ2v) is 4.66. The van der Waals surface area contributed by atoms with Crippen molar-refractivity contribution < 1.29 is 19.2 Å². The lowest BCUT2D eigenvalue weighted by Gasteiger charge is -2.16. The van der Waals surface area contributed by atoms with Crippen molar-refractivity contribution in [2.45, 2.75) is 25.8 Å². The fourth-order valence-corrected chi connectivity index (χ4v) is 1.97. The van der Waals surface area contributed by atoms with Crippen LogP contribution in [0.4, 0.5) is 0 Å². The van der Waals surface area contributed by atoms with Gasteiger partial charge in [-0.15, -0.1) is 0 Å². The number of nitrogens with zero attached hydrogens (tertiary/aromatic N) is 1. The van der Waals surface area contributed by atoms with Crippen molar-refractivity contribution in [1.29, 1.82) is 0 Å². The molecule has 0 fully saturated rings. The third-order valence-corrected chi connectivity index (χ3v) is 3.25. The lowest BCUT2D eigenvalue weighted by molar-refractivity contribution is -0.531. The number of nitro groups is 1. The maximum Gasteiger partial charge on any atom is 0.306 e. The molecule has 0 N–H and O–H groups in total. The van der Waals surface area contributed by atoms with Crippen LogP contribution in [-0.2, 0) is 16.0 Å². The van der Waals surface area contributed by atoms with Gasteiger partial charge in [0.2, 0.25) is 6.04 Å².